The van der Waals surface area contributed by atoms with Crippen molar-refractivity contribution in [1.29, 1.82) is 42.1 Å². The Morgan fingerprint density at radius 2 is 0.496 bits per heavy atom. The summed E-state index contributed by atoms with van der Waals surface area (Å²) in [5.74, 6) is 0. The summed E-state index contributed by atoms with van der Waals surface area (Å²) in [4.78, 5) is 0. The van der Waals surface area contributed by atoms with E-state index in [0.29, 0.717) is 44.5 Å². The van der Waals surface area contributed by atoms with Crippen molar-refractivity contribution in [2.24, 2.45) is 0 Å². The van der Waals surface area contributed by atoms with Crippen LogP contribution in [0.4, 0.5) is 0 Å². The maximum absolute atomic E-state index is 10.4. The zero-order valence-electron chi connectivity index (χ0n) is 65.9. The highest BCUT2D eigenvalue weighted by molar-refractivity contribution is 6.19. The van der Waals surface area contributed by atoms with Crippen molar-refractivity contribution in [3.8, 4) is 116 Å². The van der Waals surface area contributed by atoms with Gasteiger partial charge in [-0.05, 0) is 292 Å². The monoisotopic (exact) mass is 1580 g/mol. The molecular formula is C111H54N14. The van der Waals surface area contributed by atoms with Crippen LogP contribution in [-0.2, 0) is 5.41 Å². The SMILES string of the molecule is N#Cc1ccc2c(c1)c1cc(C#N)ccc1n2-c1cc(-c2ccc3c(c2)C2(c4cc5c6cc(-c7cc(-n8c9ccc(C#N)cc9c9cc(C#N)ccc98)cc(-n8c9ccc(C#N)cc9c9cc(C#N)ccc98)c7)ccc6n(-c6ccccc6)c5cc4-3)c3ccccc3-n3c4ccccc4c4cccc2c43)cc(-n2c3ccc(C#N)cc3c3cc(C#N)ccc32)c1. The Balaban J connectivity index is 0.774. The molecule has 0 fully saturated rings. The molecule has 23 aromatic rings. The van der Waals surface area contributed by atoms with Gasteiger partial charge >= 0.3 is 0 Å². The summed E-state index contributed by atoms with van der Waals surface area (Å²) in [7, 11) is 0. The van der Waals surface area contributed by atoms with Crippen LogP contribution in [0.5, 0.6) is 0 Å². The lowest BCUT2D eigenvalue weighted by atomic mass is 9.65. The summed E-state index contributed by atoms with van der Waals surface area (Å²) in [5.41, 5.74) is 29.4. The van der Waals surface area contributed by atoms with Gasteiger partial charge in [-0.1, -0.05) is 91.0 Å². The maximum Gasteiger partial charge on any atom is 0.0991 e. The third kappa shape index (κ3) is 9.57. The fourth-order valence-electron chi connectivity index (χ4n) is 21.1. The van der Waals surface area contributed by atoms with E-state index in [1.54, 1.807) is 0 Å². The first-order chi connectivity index (χ1) is 61.5. The zero-order chi connectivity index (χ0) is 83.5. The quantitative estimate of drug-likeness (QED) is 0.149. The van der Waals surface area contributed by atoms with Gasteiger partial charge < -0.3 is 27.4 Å². The highest BCUT2D eigenvalue weighted by Gasteiger charge is 2.52. The molecule has 14 heteroatoms. The average Bonchev–Trinajstić information content (AvgIpc) is 1.49. The van der Waals surface area contributed by atoms with Crippen molar-refractivity contribution in [2.45, 2.75) is 5.41 Å². The number of aromatic nitrogens is 6. The summed E-state index contributed by atoms with van der Waals surface area (Å²) >= 11 is 0. The molecule has 1 aliphatic carbocycles. The van der Waals surface area contributed by atoms with Crippen LogP contribution in [0, 0.1) is 90.6 Å². The molecule has 0 bridgehead atoms. The molecule has 0 saturated heterocycles. The van der Waals surface area contributed by atoms with Crippen molar-refractivity contribution in [1.82, 2.24) is 27.4 Å². The first kappa shape index (κ1) is 69.6. The molecule has 1 aliphatic heterocycles. The van der Waals surface area contributed by atoms with Crippen LogP contribution in [0.25, 0.3) is 198 Å². The Morgan fingerprint density at radius 1 is 0.176 bits per heavy atom. The predicted molar refractivity (Wildman–Crippen MR) is 492 cm³/mol. The molecule has 1 atom stereocenters. The summed E-state index contributed by atoms with van der Waals surface area (Å²) in [6, 6.07) is 132. The standard InChI is InChI=1S/C111H54N14/c112-55-63-17-28-99-84(37-63)85-38-64(56-113)18-29-100(85)121(99)76-45-73(46-77(51-76)122-101-30-19-65(57-114)39-86(101)87-40-66(58-115)20-31-102(87)122)71-26-36-107-92(49-71)93-53-97-83(54-109(93)120(107)75-9-2-1-3-10-75)80-27-25-72(50-96(80)111(97)94-13-5-7-16-108(94)125-98-15-6-4-11-81(98)82-12-8-14-95(111)110(82)125)74-47-78(123-103-32-21-67(59-116)41-88(103)89-42-68(60-117)22-33-104(89)123)52-79(48-74)124-105-34-23-69(61-118)43-90(105)91-44-70(62-119)24-35-106(91)124/h1-54H. The summed E-state index contributed by atoms with van der Waals surface area (Å²) in [6.07, 6.45) is 0. The molecule has 25 rings (SSSR count). The van der Waals surface area contributed by atoms with Crippen LogP contribution in [0.2, 0.25) is 0 Å². The molecular weight excluding hydrogens is 1530 g/mol. The van der Waals surface area contributed by atoms with E-state index in [1.165, 1.54) is 0 Å². The van der Waals surface area contributed by atoms with Crippen LogP contribution in [0.3, 0.4) is 0 Å². The molecule has 7 heterocycles. The minimum absolute atomic E-state index is 0.490. The van der Waals surface area contributed by atoms with Gasteiger partial charge in [0, 0.05) is 93.1 Å². The number of fused-ring (bicyclic) bond motifs is 27. The largest absolute Gasteiger partial charge is 0.309 e. The molecule has 2 aliphatic rings. The molecule has 0 amide bonds. The van der Waals surface area contributed by atoms with Crippen LogP contribution in [-0.4, -0.2) is 27.4 Å². The van der Waals surface area contributed by atoms with Crippen molar-refractivity contribution in [3.05, 3.63) is 394 Å². The number of benzene rings is 17. The third-order valence-corrected chi connectivity index (χ3v) is 26.3. The molecule has 0 N–H and O–H groups in total. The summed E-state index contributed by atoms with van der Waals surface area (Å²) in [5, 5.41) is 94.3. The Bertz CT molecular complexity index is 8760. The number of hydrogen-bond acceptors (Lipinski definition) is 8. The number of hydrogen-bond donors (Lipinski definition) is 0. The molecule has 1 unspecified atom stereocenters. The van der Waals surface area contributed by atoms with E-state index in [2.05, 4.69) is 258 Å². The Kier molecular flexibility index (Phi) is 14.3. The highest BCUT2D eigenvalue weighted by atomic mass is 15.0. The van der Waals surface area contributed by atoms with Crippen LogP contribution in [0.15, 0.2) is 328 Å². The molecule has 125 heavy (non-hydrogen) atoms. The topological polar surface area (TPSA) is 220 Å². The molecule has 0 radical (unpaired) electrons. The summed E-state index contributed by atoms with van der Waals surface area (Å²) < 4.78 is 13.8. The van der Waals surface area contributed by atoms with E-state index in [1.807, 2.05) is 146 Å². The molecule has 0 saturated carbocycles. The number of nitrogens with zero attached hydrogens (tertiary/aromatic N) is 14. The molecule has 6 aromatic heterocycles. The van der Waals surface area contributed by atoms with Crippen molar-refractivity contribution >= 4 is 131 Å². The van der Waals surface area contributed by atoms with Crippen molar-refractivity contribution < 1.29 is 0 Å². The molecule has 568 valence electrons. The third-order valence-electron chi connectivity index (χ3n) is 26.3. The van der Waals surface area contributed by atoms with Gasteiger partial charge in [0.15, 0.2) is 0 Å². The van der Waals surface area contributed by atoms with Crippen LogP contribution in [0.1, 0.15) is 66.8 Å². The Hall–Kier alpha value is -18.5. The smallest absolute Gasteiger partial charge is 0.0991 e. The van der Waals surface area contributed by atoms with Crippen LogP contribution < -0.4 is 0 Å². The summed E-state index contributed by atoms with van der Waals surface area (Å²) in [6.45, 7) is 0. The maximum atomic E-state index is 10.4. The van der Waals surface area contributed by atoms with Gasteiger partial charge in [0.05, 0.1) is 170 Å². The Labute approximate surface area is 711 Å². The average molecular weight is 1580 g/mol. The highest BCUT2D eigenvalue weighted by Crippen LogP contribution is 2.63. The zero-order valence-corrected chi connectivity index (χ0v) is 65.9. The normalized spacial score (nSPS) is 13.1. The van der Waals surface area contributed by atoms with Crippen LogP contribution >= 0.6 is 0 Å². The minimum Gasteiger partial charge on any atom is -0.309 e. The minimum atomic E-state index is -1.00. The second-order valence-electron chi connectivity index (χ2n) is 32.5. The van der Waals surface area contributed by atoms with Crippen molar-refractivity contribution in [2.75, 3.05) is 0 Å². The Morgan fingerprint density at radius 3 is 0.920 bits per heavy atom. The fraction of sp³-hybridized carbons (Fsp3) is 0.00901. The van der Waals surface area contributed by atoms with E-state index in [9.17, 15) is 42.1 Å². The molecule has 1 spiro atoms. The van der Waals surface area contributed by atoms with Gasteiger partial charge in [0.2, 0.25) is 0 Å². The number of nitriles is 8. The van der Waals surface area contributed by atoms with Gasteiger partial charge in [0.25, 0.3) is 0 Å². The van der Waals surface area contributed by atoms with E-state index in [-0.39, 0.29) is 0 Å². The fourth-order valence-corrected chi connectivity index (χ4v) is 21.1. The lowest BCUT2D eigenvalue weighted by Gasteiger charge is -2.39. The van der Waals surface area contributed by atoms with Gasteiger partial charge in [-0.15, -0.1) is 0 Å². The van der Waals surface area contributed by atoms with Gasteiger partial charge in [-0.3, -0.25) is 0 Å². The molecule has 14 nitrogen and oxygen atoms in total. The second-order valence-corrected chi connectivity index (χ2v) is 32.5. The van der Waals surface area contributed by atoms with Gasteiger partial charge in [0.1, 0.15) is 0 Å². The molecule has 17 aromatic carbocycles. The first-order valence-corrected chi connectivity index (χ1v) is 40.9. The second kappa shape index (κ2) is 25.7. The van der Waals surface area contributed by atoms with E-state index in [4.69, 9.17) is 0 Å². The van der Waals surface area contributed by atoms with Gasteiger partial charge in [-0.2, -0.15) is 42.1 Å². The van der Waals surface area contributed by atoms with E-state index >= 15 is 0 Å². The first-order valence-electron chi connectivity index (χ1n) is 40.9. The number of para-hydroxylation sites is 4. The predicted octanol–water partition coefficient (Wildman–Crippen LogP) is 25.3. The van der Waals surface area contributed by atoms with E-state index < -0.39 is 5.41 Å². The van der Waals surface area contributed by atoms with Crippen molar-refractivity contribution in [3.63, 3.8) is 0 Å². The van der Waals surface area contributed by atoms with E-state index in [0.717, 1.165) is 221 Å². The lowest BCUT2D eigenvalue weighted by molar-refractivity contribution is 0.749. The lowest BCUT2D eigenvalue weighted by Crippen LogP contribution is -2.33. The number of rotatable bonds is 7. The van der Waals surface area contributed by atoms with Gasteiger partial charge in [-0.25, -0.2) is 0 Å².